The van der Waals surface area contributed by atoms with Crippen LogP contribution in [0.5, 0.6) is 0 Å². The highest BCUT2D eigenvalue weighted by molar-refractivity contribution is 5.94. The van der Waals surface area contributed by atoms with Gasteiger partial charge in [0.2, 0.25) is 6.10 Å². The zero-order valence-corrected chi connectivity index (χ0v) is 13.2. The van der Waals surface area contributed by atoms with Crippen LogP contribution in [0.25, 0.3) is 0 Å². The third-order valence-electron chi connectivity index (χ3n) is 5.13. The van der Waals surface area contributed by atoms with Crippen LogP contribution in [0, 0.1) is 5.92 Å². The monoisotopic (exact) mass is 314 g/mol. The predicted molar refractivity (Wildman–Crippen MR) is 86.1 cm³/mol. The van der Waals surface area contributed by atoms with Gasteiger partial charge in [-0.2, -0.15) is 0 Å². The molecule has 0 saturated carbocycles. The van der Waals surface area contributed by atoms with E-state index in [1.165, 1.54) is 11.1 Å². The Morgan fingerprint density at radius 1 is 1.17 bits per heavy atom. The van der Waals surface area contributed by atoms with Crippen LogP contribution in [0.3, 0.4) is 0 Å². The van der Waals surface area contributed by atoms with Gasteiger partial charge in [0.25, 0.3) is 5.91 Å². The van der Waals surface area contributed by atoms with Crippen molar-refractivity contribution in [3.8, 4) is 0 Å². The van der Waals surface area contributed by atoms with Crippen molar-refractivity contribution in [2.45, 2.75) is 44.2 Å². The number of nitrogens with one attached hydrogen (secondary N) is 1. The third kappa shape index (κ3) is 2.98. The number of carbonyl (C=O) groups excluding carboxylic acids is 1. The Morgan fingerprint density at radius 2 is 2.00 bits per heavy atom. The maximum atomic E-state index is 12.5. The molecule has 0 spiro atoms. The number of oxime groups is 1. The third-order valence-corrected chi connectivity index (χ3v) is 5.13. The van der Waals surface area contributed by atoms with E-state index in [9.17, 15) is 4.79 Å². The van der Waals surface area contributed by atoms with Gasteiger partial charge in [-0.25, -0.2) is 0 Å². The first kappa shape index (κ1) is 14.7. The molecule has 1 aromatic rings. The molecule has 0 aromatic heterocycles. The average molecular weight is 314 g/mol. The highest BCUT2D eigenvalue weighted by Crippen LogP contribution is 2.31. The van der Waals surface area contributed by atoms with Crippen LogP contribution in [-0.4, -0.2) is 30.9 Å². The van der Waals surface area contributed by atoms with Gasteiger partial charge in [0.05, 0.1) is 11.8 Å². The Morgan fingerprint density at radius 3 is 2.87 bits per heavy atom. The Hall–Kier alpha value is -1.88. The van der Waals surface area contributed by atoms with Crippen LogP contribution in [0.15, 0.2) is 29.4 Å². The van der Waals surface area contributed by atoms with E-state index < -0.39 is 6.10 Å². The smallest absolute Gasteiger partial charge is 0.264 e. The van der Waals surface area contributed by atoms with E-state index in [4.69, 9.17) is 9.57 Å². The number of hydrogen-bond acceptors (Lipinski definition) is 4. The number of benzene rings is 1. The Labute approximate surface area is 136 Å². The van der Waals surface area contributed by atoms with Gasteiger partial charge in [-0.05, 0) is 36.8 Å². The van der Waals surface area contributed by atoms with E-state index >= 15 is 0 Å². The summed E-state index contributed by atoms with van der Waals surface area (Å²) in [5, 5.41) is 7.32. The van der Waals surface area contributed by atoms with Gasteiger partial charge in [-0.1, -0.05) is 29.4 Å². The molecule has 2 aliphatic heterocycles. The molecule has 1 unspecified atom stereocenters. The zero-order chi connectivity index (χ0) is 15.6. The van der Waals surface area contributed by atoms with E-state index in [0.29, 0.717) is 12.3 Å². The minimum absolute atomic E-state index is 0.0440. The number of ether oxygens (including phenoxy) is 1. The maximum Gasteiger partial charge on any atom is 0.264 e. The van der Waals surface area contributed by atoms with E-state index in [-0.39, 0.29) is 11.9 Å². The molecule has 1 N–H and O–H groups in total. The van der Waals surface area contributed by atoms with Crippen LogP contribution in [0.1, 0.15) is 42.9 Å². The molecular weight excluding hydrogens is 292 g/mol. The average Bonchev–Trinajstić information content (AvgIpc) is 3.24. The summed E-state index contributed by atoms with van der Waals surface area (Å²) in [5.74, 6) is 0.367. The molecule has 23 heavy (non-hydrogen) atoms. The molecule has 0 bridgehead atoms. The molecule has 5 heteroatoms. The summed E-state index contributed by atoms with van der Waals surface area (Å²) in [6.07, 6.45) is 4.09. The molecule has 1 amide bonds. The lowest BCUT2D eigenvalue weighted by Gasteiger charge is -2.21. The molecule has 122 valence electrons. The lowest BCUT2D eigenvalue weighted by atomic mass is 9.91. The minimum atomic E-state index is -0.472. The van der Waals surface area contributed by atoms with Gasteiger partial charge in [0.15, 0.2) is 0 Å². The topological polar surface area (TPSA) is 59.9 Å². The second-order valence-corrected chi connectivity index (χ2v) is 6.57. The highest BCUT2D eigenvalue weighted by atomic mass is 16.6. The predicted octanol–water partition coefficient (Wildman–Crippen LogP) is 2.36. The van der Waals surface area contributed by atoms with Gasteiger partial charge in [0.1, 0.15) is 0 Å². The van der Waals surface area contributed by atoms with E-state index in [0.717, 1.165) is 44.6 Å². The zero-order valence-electron chi connectivity index (χ0n) is 13.2. The summed E-state index contributed by atoms with van der Waals surface area (Å²) >= 11 is 0. The fourth-order valence-electron chi connectivity index (χ4n) is 3.78. The molecule has 2 heterocycles. The Balaban J connectivity index is 1.34. The van der Waals surface area contributed by atoms with Crippen LogP contribution >= 0.6 is 0 Å². The normalized spacial score (nSPS) is 27.2. The first-order chi connectivity index (χ1) is 11.3. The molecular formula is C18H22N2O3. The number of nitrogens with zero attached hydrogens (tertiary/aromatic N) is 1. The number of carbonyl (C=O) groups is 1. The summed E-state index contributed by atoms with van der Waals surface area (Å²) < 4.78 is 5.38. The summed E-state index contributed by atoms with van der Waals surface area (Å²) in [4.78, 5) is 17.9. The van der Waals surface area contributed by atoms with Gasteiger partial charge in [0, 0.05) is 25.6 Å². The lowest BCUT2D eigenvalue weighted by molar-refractivity contribution is -0.131. The molecule has 4 rings (SSSR count). The van der Waals surface area contributed by atoms with Gasteiger partial charge >= 0.3 is 0 Å². The van der Waals surface area contributed by atoms with Crippen molar-refractivity contribution in [2.24, 2.45) is 11.1 Å². The first-order valence-corrected chi connectivity index (χ1v) is 8.50. The molecule has 5 nitrogen and oxygen atoms in total. The second kappa shape index (κ2) is 6.32. The maximum absolute atomic E-state index is 12.5. The fourth-order valence-corrected chi connectivity index (χ4v) is 3.78. The molecule has 3 aliphatic rings. The van der Waals surface area contributed by atoms with Gasteiger partial charge in [-0.3, -0.25) is 4.79 Å². The quantitative estimate of drug-likeness (QED) is 0.932. The van der Waals surface area contributed by atoms with Crippen LogP contribution in [-0.2, 0) is 20.8 Å². The van der Waals surface area contributed by atoms with Crippen molar-refractivity contribution >= 4 is 11.6 Å². The van der Waals surface area contributed by atoms with E-state index in [1.807, 2.05) is 6.07 Å². The van der Waals surface area contributed by atoms with Crippen molar-refractivity contribution in [1.82, 2.24) is 5.32 Å². The molecule has 0 radical (unpaired) electrons. The lowest BCUT2D eigenvalue weighted by Crippen LogP contribution is -2.37. The van der Waals surface area contributed by atoms with Crippen LogP contribution in [0.2, 0.25) is 0 Å². The number of rotatable bonds is 3. The number of fused-ring (bicyclic) bond motifs is 1. The summed E-state index contributed by atoms with van der Waals surface area (Å²) in [7, 11) is 0. The molecule has 1 aromatic carbocycles. The van der Waals surface area contributed by atoms with Crippen LogP contribution < -0.4 is 5.32 Å². The van der Waals surface area contributed by atoms with Crippen molar-refractivity contribution in [2.75, 3.05) is 13.2 Å². The van der Waals surface area contributed by atoms with E-state index in [2.05, 4.69) is 28.7 Å². The van der Waals surface area contributed by atoms with Gasteiger partial charge < -0.3 is 14.9 Å². The number of amides is 1. The standard InChI is InChI=1S/C18H22N2O3/c21-18(19-15-6-5-12-3-1-2-4-14(12)15)17-11-16(20-23-17)13-7-9-22-10-8-13/h1-4,13,15,17H,5-11H2,(H,19,21)/t15-,17?/m1/s1. The van der Waals surface area contributed by atoms with E-state index in [1.54, 1.807) is 0 Å². The van der Waals surface area contributed by atoms with Crippen molar-refractivity contribution < 1.29 is 14.4 Å². The number of aryl methyl sites for hydroxylation is 1. The molecule has 2 atom stereocenters. The van der Waals surface area contributed by atoms with Crippen molar-refractivity contribution in [3.63, 3.8) is 0 Å². The Kier molecular flexibility index (Phi) is 4.04. The summed E-state index contributed by atoms with van der Waals surface area (Å²) in [6.45, 7) is 1.55. The summed E-state index contributed by atoms with van der Waals surface area (Å²) in [6, 6.07) is 8.43. The second-order valence-electron chi connectivity index (χ2n) is 6.57. The fraction of sp³-hybridized carbons (Fsp3) is 0.556. The molecule has 1 aliphatic carbocycles. The number of hydrogen-bond donors (Lipinski definition) is 1. The van der Waals surface area contributed by atoms with Crippen molar-refractivity contribution in [3.05, 3.63) is 35.4 Å². The van der Waals surface area contributed by atoms with Gasteiger partial charge in [-0.15, -0.1) is 0 Å². The first-order valence-electron chi connectivity index (χ1n) is 8.50. The molecule has 1 saturated heterocycles. The summed E-state index contributed by atoms with van der Waals surface area (Å²) in [5.41, 5.74) is 3.61. The minimum Gasteiger partial charge on any atom is -0.382 e. The molecule has 1 fully saturated rings. The highest BCUT2D eigenvalue weighted by Gasteiger charge is 2.34. The Bertz CT molecular complexity index is 622. The van der Waals surface area contributed by atoms with Crippen LogP contribution in [0.4, 0.5) is 0 Å². The SMILES string of the molecule is O=C(N[C@@H]1CCc2ccccc21)C1CC(C2CCOCC2)=NO1. The largest absolute Gasteiger partial charge is 0.382 e. The van der Waals surface area contributed by atoms with Crippen molar-refractivity contribution in [1.29, 1.82) is 0 Å².